The summed E-state index contributed by atoms with van der Waals surface area (Å²) in [6.07, 6.45) is 1.67. The Morgan fingerprint density at radius 1 is 1.33 bits per heavy atom. The molecule has 1 aromatic heterocycles. The number of rotatable bonds is 0. The van der Waals surface area contributed by atoms with Crippen LogP contribution in [0.4, 0.5) is 0 Å². The van der Waals surface area contributed by atoms with Gasteiger partial charge in [-0.05, 0) is 6.07 Å². The molecule has 0 bridgehead atoms. The van der Waals surface area contributed by atoms with Gasteiger partial charge in [-0.2, -0.15) is 0 Å². The van der Waals surface area contributed by atoms with Crippen LogP contribution in [0, 0.1) is 0 Å². The van der Waals surface area contributed by atoms with Crippen molar-refractivity contribution < 1.29 is 4.20 Å². The molecule has 0 fully saturated rings. The Balaban J connectivity index is 3.00. The Hall–Kier alpha value is -0.420. The predicted molar refractivity (Wildman–Crippen MR) is 25.6 cm³/mol. The molecule has 0 N–H and O–H groups in total. The topological polar surface area (TPSA) is 11.3 Å². The highest BCUT2D eigenvalue weighted by atomic mass is 31.1. The van der Waals surface area contributed by atoms with Gasteiger partial charge in [0.2, 0.25) is 0 Å². The van der Waals surface area contributed by atoms with Gasteiger partial charge >= 0.3 is 14.7 Å². The van der Waals surface area contributed by atoms with E-state index in [0.717, 1.165) is 8.43 Å². The molecule has 0 spiro atoms. The summed E-state index contributed by atoms with van der Waals surface area (Å²) in [5, 5.41) is 0. The summed E-state index contributed by atoms with van der Waals surface area (Å²) in [5.41, 5.74) is 0. The Morgan fingerprint density at radius 2 is 2.33 bits per heavy atom. The van der Waals surface area contributed by atoms with Crippen LogP contribution >= 0.6 is 8.43 Å². The summed E-state index contributed by atoms with van der Waals surface area (Å²) in [4.78, 5) is 0. The van der Waals surface area contributed by atoms with Crippen molar-refractivity contribution in [1.29, 1.82) is 0 Å². The first kappa shape index (κ1) is 3.76. The van der Waals surface area contributed by atoms with E-state index in [-0.39, 0.29) is 0 Å². The van der Waals surface area contributed by atoms with Crippen LogP contribution in [-0.2, 0) is 0 Å². The summed E-state index contributed by atoms with van der Waals surface area (Å²) >= 11 is 0. The van der Waals surface area contributed by atoms with Gasteiger partial charge in [0.15, 0.2) is 0 Å². The highest BCUT2D eigenvalue weighted by Crippen LogP contribution is 1.98. The third-order valence-corrected chi connectivity index (χ3v) is 0.996. The molecule has 0 atom stereocenters. The van der Waals surface area contributed by atoms with Gasteiger partial charge in [-0.3, -0.25) is 0 Å². The molecular weight excluding hydrogens is 95.0 g/mol. The molecule has 0 saturated carbocycles. The Morgan fingerprint density at radius 3 is 2.50 bits per heavy atom. The molecule has 1 rings (SSSR count). The zero-order chi connectivity index (χ0) is 4.24. The minimum absolute atomic E-state index is 0.931. The van der Waals surface area contributed by atoms with Crippen LogP contribution in [-0.4, -0.2) is 0 Å². The van der Waals surface area contributed by atoms with Gasteiger partial charge in [0.25, 0.3) is 0 Å². The standard InChI is InChI=1S/C4H4OP/c1-2-4-6-5-3-1/h1-4H/q+1. The van der Waals surface area contributed by atoms with Gasteiger partial charge in [-0.25, -0.2) is 4.20 Å². The van der Waals surface area contributed by atoms with Crippen molar-refractivity contribution in [2.45, 2.75) is 0 Å². The molecule has 0 aliphatic rings. The van der Waals surface area contributed by atoms with Crippen molar-refractivity contribution in [2.75, 3.05) is 0 Å². The SMILES string of the molecule is c1ccp[o+]c1. The molecule has 0 aliphatic carbocycles. The van der Waals surface area contributed by atoms with Crippen molar-refractivity contribution >= 4 is 8.43 Å². The first-order chi connectivity index (χ1) is 3.00. The quantitative estimate of drug-likeness (QED) is 0.453. The largest absolute Gasteiger partial charge is 0.434 e. The lowest BCUT2D eigenvalue weighted by Gasteiger charge is -1.55. The highest BCUT2D eigenvalue weighted by molar-refractivity contribution is 7.21. The monoisotopic (exact) mass is 99.0 g/mol. The molecule has 0 radical (unpaired) electrons. The molecule has 30 valence electrons. The van der Waals surface area contributed by atoms with E-state index in [1.807, 2.05) is 17.9 Å². The van der Waals surface area contributed by atoms with Crippen LogP contribution in [0.2, 0.25) is 0 Å². The van der Waals surface area contributed by atoms with Crippen molar-refractivity contribution in [1.82, 2.24) is 0 Å². The molecule has 0 aliphatic heterocycles. The van der Waals surface area contributed by atoms with Crippen LogP contribution in [0.15, 0.2) is 28.4 Å². The van der Waals surface area contributed by atoms with E-state index < -0.39 is 0 Å². The minimum atomic E-state index is 0.931. The van der Waals surface area contributed by atoms with E-state index in [4.69, 9.17) is 4.20 Å². The Bertz CT molecular complexity index is 79.5. The maximum atomic E-state index is 4.77. The summed E-state index contributed by atoms with van der Waals surface area (Å²) < 4.78 is 4.77. The van der Waals surface area contributed by atoms with Gasteiger partial charge in [0.1, 0.15) is 0 Å². The summed E-state index contributed by atoms with van der Waals surface area (Å²) in [6.45, 7) is 0. The first-order valence-corrected chi connectivity index (χ1v) is 2.56. The van der Waals surface area contributed by atoms with Gasteiger partial charge in [0, 0.05) is 6.07 Å². The fourth-order valence-electron chi connectivity index (χ4n) is 0.236. The number of hydrogen-bond donors (Lipinski definition) is 0. The molecule has 2 heteroatoms. The van der Waals surface area contributed by atoms with E-state index in [1.165, 1.54) is 0 Å². The third-order valence-electron chi connectivity index (χ3n) is 0.458. The van der Waals surface area contributed by atoms with Crippen molar-refractivity contribution in [3.8, 4) is 0 Å². The van der Waals surface area contributed by atoms with Crippen molar-refractivity contribution in [3.05, 3.63) is 24.2 Å². The summed E-state index contributed by atoms with van der Waals surface area (Å²) in [7, 11) is 0.931. The van der Waals surface area contributed by atoms with Crippen LogP contribution < -0.4 is 0 Å². The molecular formula is C4H4OP+. The van der Waals surface area contributed by atoms with Gasteiger partial charge in [-0.1, -0.05) is 0 Å². The van der Waals surface area contributed by atoms with Crippen molar-refractivity contribution in [3.63, 3.8) is 0 Å². The molecule has 0 amide bonds. The molecule has 1 nitrogen and oxygen atoms in total. The average Bonchev–Trinajstić information content (AvgIpc) is 1.72. The van der Waals surface area contributed by atoms with Crippen molar-refractivity contribution in [2.24, 2.45) is 0 Å². The molecule has 0 unspecified atom stereocenters. The second-order valence-corrected chi connectivity index (χ2v) is 1.60. The normalized spacial score (nSPS) is 9.33. The second-order valence-electron chi connectivity index (χ2n) is 0.881. The summed E-state index contributed by atoms with van der Waals surface area (Å²) in [5.74, 6) is 1.93. The lowest BCUT2D eigenvalue weighted by Crippen LogP contribution is -1.39. The Kier molecular flexibility index (Phi) is 1.18. The zero-order valence-corrected chi connectivity index (χ0v) is 4.06. The maximum Gasteiger partial charge on any atom is 0.434 e. The lowest BCUT2D eigenvalue weighted by molar-refractivity contribution is 0.686. The van der Waals surface area contributed by atoms with Crippen LogP contribution in [0.25, 0.3) is 0 Å². The first-order valence-electron chi connectivity index (χ1n) is 1.68. The van der Waals surface area contributed by atoms with Gasteiger partial charge in [0.05, 0.1) is 5.80 Å². The van der Waals surface area contributed by atoms with E-state index >= 15 is 0 Å². The van der Waals surface area contributed by atoms with Gasteiger partial charge in [-0.15, -0.1) is 0 Å². The van der Waals surface area contributed by atoms with E-state index in [1.54, 1.807) is 6.26 Å². The third kappa shape index (κ3) is 0.765. The summed E-state index contributed by atoms with van der Waals surface area (Å²) in [6, 6.07) is 3.81. The molecule has 1 heterocycles. The predicted octanol–water partition coefficient (Wildman–Crippen LogP) is 2.14. The average molecular weight is 99.0 g/mol. The molecule has 0 aromatic carbocycles. The minimum Gasteiger partial charge on any atom is -0.204 e. The fourth-order valence-corrected chi connectivity index (χ4v) is 0.616. The maximum absolute atomic E-state index is 4.77. The van der Waals surface area contributed by atoms with E-state index in [0.29, 0.717) is 0 Å². The molecule has 1 aromatic rings. The Labute approximate surface area is 37.8 Å². The van der Waals surface area contributed by atoms with E-state index in [2.05, 4.69) is 0 Å². The van der Waals surface area contributed by atoms with Crippen LogP contribution in [0.5, 0.6) is 0 Å². The zero-order valence-electron chi connectivity index (χ0n) is 3.16. The smallest absolute Gasteiger partial charge is 0.204 e. The molecule has 6 heavy (non-hydrogen) atoms. The highest BCUT2D eigenvalue weighted by Gasteiger charge is 1.76. The number of hydrogen-bond acceptors (Lipinski definition) is 0. The fraction of sp³-hybridized carbons (Fsp3) is 0. The van der Waals surface area contributed by atoms with Crippen LogP contribution in [0.1, 0.15) is 0 Å². The van der Waals surface area contributed by atoms with Gasteiger partial charge < -0.3 is 0 Å². The second kappa shape index (κ2) is 1.89. The lowest BCUT2D eigenvalue weighted by atomic mass is 10.7. The van der Waals surface area contributed by atoms with Crippen LogP contribution in [0.3, 0.4) is 0 Å². The molecule has 0 saturated heterocycles. The van der Waals surface area contributed by atoms with E-state index in [9.17, 15) is 0 Å².